The summed E-state index contributed by atoms with van der Waals surface area (Å²) in [4.78, 5) is 0. The summed E-state index contributed by atoms with van der Waals surface area (Å²) in [6, 6.07) is 55.4. The van der Waals surface area contributed by atoms with Crippen molar-refractivity contribution in [2.45, 2.75) is 0 Å². The van der Waals surface area contributed by atoms with Gasteiger partial charge in [-0.2, -0.15) is 10.5 Å². The molecule has 0 saturated carbocycles. The summed E-state index contributed by atoms with van der Waals surface area (Å²) in [7, 11) is 0. The van der Waals surface area contributed by atoms with Crippen LogP contribution in [0.15, 0.2) is 158 Å². The van der Waals surface area contributed by atoms with Gasteiger partial charge in [-0.25, -0.2) is 0 Å². The van der Waals surface area contributed by atoms with Crippen molar-refractivity contribution in [3.8, 4) is 80.2 Å². The lowest BCUT2D eigenvalue weighted by Crippen LogP contribution is -2.03. The third-order valence-electron chi connectivity index (χ3n) is 8.53. The summed E-state index contributed by atoms with van der Waals surface area (Å²) in [6.07, 6.45) is 0. The first-order valence-electron chi connectivity index (χ1n) is 16.0. The van der Waals surface area contributed by atoms with Crippen LogP contribution in [0.25, 0.3) is 68.1 Å². The minimum Gasteiger partial charge on any atom is -0.275 e. The van der Waals surface area contributed by atoms with Gasteiger partial charge in [0, 0.05) is 33.6 Å². The summed E-state index contributed by atoms with van der Waals surface area (Å²) in [5.74, 6) is 2.66. The fraction of sp³-hybridized carbons (Fsp3) is 0. The molecule has 0 N–H and O–H groups in total. The first-order chi connectivity index (χ1) is 24.7. The van der Waals surface area contributed by atoms with Crippen molar-refractivity contribution in [3.05, 3.63) is 169 Å². The van der Waals surface area contributed by atoms with Gasteiger partial charge in [0.1, 0.15) is 0 Å². The second kappa shape index (κ2) is 13.0. The fourth-order valence-corrected chi connectivity index (χ4v) is 6.15. The molecule has 8 nitrogen and oxygen atoms in total. The summed E-state index contributed by atoms with van der Waals surface area (Å²) < 4.78 is 4.06. The molecule has 0 fully saturated rings. The van der Waals surface area contributed by atoms with E-state index in [0.717, 1.165) is 44.8 Å². The van der Waals surface area contributed by atoms with E-state index in [0.29, 0.717) is 34.4 Å². The zero-order valence-corrected chi connectivity index (χ0v) is 26.6. The molecule has 0 aliphatic rings. The Labute approximate surface area is 288 Å². The van der Waals surface area contributed by atoms with Crippen LogP contribution < -0.4 is 0 Å². The molecule has 2 heterocycles. The summed E-state index contributed by atoms with van der Waals surface area (Å²) in [6.45, 7) is 0. The van der Waals surface area contributed by atoms with Crippen LogP contribution in [0.2, 0.25) is 0 Å². The number of benzene rings is 6. The Morgan fingerprint density at radius 2 is 0.660 bits per heavy atom. The Morgan fingerprint density at radius 3 is 1.02 bits per heavy atom. The van der Waals surface area contributed by atoms with E-state index < -0.39 is 0 Å². The average Bonchev–Trinajstić information content (AvgIpc) is 3.85. The number of rotatable bonds is 7. The van der Waals surface area contributed by atoms with E-state index in [1.807, 2.05) is 130 Å². The molecule has 0 amide bonds. The highest BCUT2D eigenvalue weighted by Gasteiger charge is 2.24. The van der Waals surface area contributed by atoms with Crippen LogP contribution in [0.1, 0.15) is 11.1 Å². The standard InChI is InChI=1S/C42H26N8/c43-27-29-19-23-33(24-20-29)49-39(31-11-3-1-4-12-31)45-47-41(49)37-17-9-7-15-35(37)36-16-8-10-18-38(36)42-48-46-40(32-13-5-2-6-14-32)50(42)34-25-21-30(28-44)22-26-34/h1-26H. The van der Waals surface area contributed by atoms with E-state index in [1.165, 1.54) is 0 Å². The second-order valence-corrected chi connectivity index (χ2v) is 11.5. The maximum Gasteiger partial charge on any atom is 0.169 e. The van der Waals surface area contributed by atoms with Gasteiger partial charge in [0.15, 0.2) is 23.3 Å². The summed E-state index contributed by atoms with van der Waals surface area (Å²) >= 11 is 0. The fourth-order valence-electron chi connectivity index (χ4n) is 6.15. The van der Waals surface area contributed by atoms with Crippen LogP contribution in [0.3, 0.4) is 0 Å². The SMILES string of the molecule is N#Cc1ccc(-n2c(-c3ccccc3)nnc2-c2ccccc2-c2ccccc2-c2nnc(-c3ccccc3)n2-c2ccc(C#N)cc2)cc1. The zero-order chi connectivity index (χ0) is 33.9. The van der Waals surface area contributed by atoms with Crippen molar-refractivity contribution < 1.29 is 0 Å². The van der Waals surface area contributed by atoms with Crippen LogP contribution in [0.4, 0.5) is 0 Å². The molecule has 0 saturated heterocycles. The van der Waals surface area contributed by atoms with Crippen LogP contribution in [0, 0.1) is 22.7 Å². The topological polar surface area (TPSA) is 109 Å². The summed E-state index contributed by atoms with van der Waals surface area (Å²) in [5.41, 5.74) is 8.23. The summed E-state index contributed by atoms with van der Waals surface area (Å²) in [5, 5.41) is 37.9. The van der Waals surface area contributed by atoms with Crippen molar-refractivity contribution in [3.63, 3.8) is 0 Å². The monoisotopic (exact) mass is 642 g/mol. The average molecular weight is 643 g/mol. The van der Waals surface area contributed by atoms with E-state index in [1.54, 1.807) is 24.3 Å². The highest BCUT2D eigenvalue weighted by atomic mass is 15.3. The molecule has 8 heteroatoms. The van der Waals surface area contributed by atoms with E-state index in [-0.39, 0.29) is 0 Å². The highest BCUT2D eigenvalue weighted by Crippen LogP contribution is 2.40. The van der Waals surface area contributed by atoms with Crippen molar-refractivity contribution in [1.29, 1.82) is 10.5 Å². The molecule has 0 aliphatic heterocycles. The van der Waals surface area contributed by atoms with E-state index >= 15 is 0 Å². The minimum atomic E-state index is 0.570. The molecule has 50 heavy (non-hydrogen) atoms. The third-order valence-corrected chi connectivity index (χ3v) is 8.53. The normalized spacial score (nSPS) is 10.8. The Hall–Kier alpha value is -7.42. The minimum absolute atomic E-state index is 0.570. The molecule has 2 aromatic heterocycles. The van der Waals surface area contributed by atoms with Gasteiger partial charge in [0.05, 0.1) is 23.3 Å². The molecule has 0 aliphatic carbocycles. The highest BCUT2D eigenvalue weighted by molar-refractivity contribution is 5.90. The van der Waals surface area contributed by atoms with Gasteiger partial charge in [-0.05, 0) is 59.7 Å². The van der Waals surface area contributed by atoms with Gasteiger partial charge in [-0.15, -0.1) is 20.4 Å². The Balaban J connectivity index is 1.34. The maximum absolute atomic E-state index is 9.48. The number of aromatic nitrogens is 6. The van der Waals surface area contributed by atoms with E-state index in [4.69, 9.17) is 20.4 Å². The van der Waals surface area contributed by atoms with Gasteiger partial charge in [-0.1, -0.05) is 109 Å². The van der Waals surface area contributed by atoms with Crippen LogP contribution >= 0.6 is 0 Å². The van der Waals surface area contributed by atoms with Crippen molar-refractivity contribution in [2.75, 3.05) is 0 Å². The molecule has 0 unspecified atom stereocenters. The molecular weight excluding hydrogens is 617 g/mol. The van der Waals surface area contributed by atoms with Crippen molar-refractivity contribution >= 4 is 0 Å². The van der Waals surface area contributed by atoms with Crippen molar-refractivity contribution in [2.24, 2.45) is 0 Å². The quantitative estimate of drug-likeness (QED) is 0.172. The van der Waals surface area contributed by atoms with Gasteiger partial charge < -0.3 is 0 Å². The smallest absolute Gasteiger partial charge is 0.169 e. The molecule has 8 rings (SSSR count). The Morgan fingerprint density at radius 1 is 0.340 bits per heavy atom. The van der Waals surface area contributed by atoms with Gasteiger partial charge in [0.2, 0.25) is 0 Å². The van der Waals surface area contributed by atoms with Crippen molar-refractivity contribution in [1.82, 2.24) is 29.5 Å². The number of hydrogen-bond acceptors (Lipinski definition) is 6. The van der Waals surface area contributed by atoms with Crippen LogP contribution in [-0.2, 0) is 0 Å². The van der Waals surface area contributed by atoms with Gasteiger partial charge >= 0.3 is 0 Å². The van der Waals surface area contributed by atoms with Gasteiger partial charge in [0.25, 0.3) is 0 Å². The van der Waals surface area contributed by atoms with Crippen LogP contribution in [0.5, 0.6) is 0 Å². The second-order valence-electron chi connectivity index (χ2n) is 11.5. The lowest BCUT2D eigenvalue weighted by atomic mass is 9.94. The number of nitriles is 2. The molecular formula is C42H26N8. The molecule has 6 aromatic carbocycles. The number of hydrogen-bond donors (Lipinski definition) is 0. The Kier molecular flexibility index (Phi) is 7.79. The van der Waals surface area contributed by atoms with E-state index in [2.05, 4.69) is 24.3 Å². The predicted octanol–water partition coefficient (Wildman–Crippen LogP) is 8.93. The maximum atomic E-state index is 9.48. The van der Waals surface area contributed by atoms with E-state index in [9.17, 15) is 10.5 Å². The van der Waals surface area contributed by atoms with Gasteiger partial charge in [-0.3, -0.25) is 9.13 Å². The first-order valence-corrected chi connectivity index (χ1v) is 16.0. The lowest BCUT2D eigenvalue weighted by Gasteiger charge is -2.17. The molecule has 234 valence electrons. The largest absolute Gasteiger partial charge is 0.275 e. The molecule has 0 bridgehead atoms. The number of nitrogens with zero attached hydrogens (tertiary/aromatic N) is 8. The Bertz CT molecular complexity index is 2350. The molecule has 8 aromatic rings. The molecule has 0 radical (unpaired) electrons. The third kappa shape index (κ3) is 5.39. The molecule has 0 spiro atoms. The molecule has 0 atom stereocenters. The predicted molar refractivity (Wildman–Crippen MR) is 193 cm³/mol. The first kappa shape index (κ1) is 29.9. The lowest BCUT2D eigenvalue weighted by molar-refractivity contribution is 1.07. The van der Waals surface area contributed by atoms with Crippen LogP contribution in [-0.4, -0.2) is 29.5 Å². The zero-order valence-electron chi connectivity index (χ0n) is 26.6.